The number of nitrogens with zero attached hydrogens (tertiary/aromatic N) is 2. The van der Waals surface area contributed by atoms with Gasteiger partial charge in [-0.05, 0) is 42.5 Å². The monoisotopic (exact) mass is 393 g/mol. The van der Waals surface area contributed by atoms with E-state index in [0.29, 0.717) is 22.6 Å². The summed E-state index contributed by atoms with van der Waals surface area (Å²) < 4.78 is 10.8. The van der Waals surface area contributed by atoms with Crippen molar-refractivity contribution in [3.8, 4) is 29.1 Å². The number of benzene rings is 2. The van der Waals surface area contributed by atoms with Gasteiger partial charge in [-0.15, -0.1) is 0 Å². The molecule has 0 spiro atoms. The Morgan fingerprint density at radius 3 is 2.38 bits per heavy atom. The molecule has 3 rings (SSSR count). The lowest BCUT2D eigenvalue weighted by Crippen LogP contribution is -2.30. The molecule has 9 heteroatoms. The number of methoxy groups -OCH3 is 1. The Hall–Kier alpha value is -4.32. The largest absolute Gasteiger partial charge is 0.505 e. The normalized spacial score (nSPS) is 10.2. The van der Waals surface area contributed by atoms with E-state index in [9.17, 15) is 20.0 Å². The second kappa shape index (κ2) is 8.14. The van der Waals surface area contributed by atoms with Gasteiger partial charge in [-0.25, -0.2) is 4.98 Å². The molecule has 0 atom stereocenters. The van der Waals surface area contributed by atoms with E-state index in [4.69, 9.17) is 14.6 Å². The molecule has 0 unspecified atom stereocenters. The van der Waals surface area contributed by atoms with Gasteiger partial charge in [-0.2, -0.15) is 5.26 Å². The first-order valence-electron chi connectivity index (χ1n) is 8.31. The average Bonchev–Trinajstić information content (AvgIpc) is 2.73. The standard InChI is InChI=1S/C20H15N3O6/c1-28-11-2-4-12(5-3-11)29-13-6-7-14-15(8-13)19(26)18(23-16(14)9-21)20(27)22-10-17(24)25/h2-8,26H,10H2,1H3,(H,22,27)(H,24,25). The molecule has 146 valence electrons. The summed E-state index contributed by atoms with van der Waals surface area (Å²) in [6.07, 6.45) is 0. The first kappa shape index (κ1) is 19.4. The maximum Gasteiger partial charge on any atom is 0.322 e. The molecular formula is C20H15N3O6. The van der Waals surface area contributed by atoms with Gasteiger partial charge < -0.3 is 25.0 Å². The Labute approximate surface area is 164 Å². The zero-order valence-electron chi connectivity index (χ0n) is 15.2. The molecule has 1 heterocycles. The van der Waals surface area contributed by atoms with E-state index in [1.165, 1.54) is 6.07 Å². The predicted octanol–water partition coefficient (Wildman–Crippen LogP) is 2.43. The summed E-state index contributed by atoms with van der Waals surface area (Å²) >= 11 is 0. The Morgan fingerprint density at radius 2 is 1.76 bits per heavy atom. The molecule has 0 fully saturated rings. The zero-order valence-corrected chi connectivity index (χ0v) is 15.2. The minimum atomic E-state index is -1.26. The van der Waals surface area contributed by atoms with Gasteiger partial charge in [0.1, 0.15) is 35.6 Å². The molecule has 3 aromatic rings. The predicted molar refractivity (Wildman–Crippen MR) is 101 cm³/mol. The molecule has 0 saturated carbocycles. The van der Waals surface area contributed by atoms with E-state index < -0.39 is 29.9 Å². The average molecular weight is 393 g/mol. The van der Waals surface area contributed by atoms with E-state index in [-0.39, 0.29) is 11.1 Å². The highest BCUT2D eigenvalue weighted by Crippen LogP contribution is 2.34. The molecule has 9 nitrogen and oxygen atoms in total. The lowest BCUT2D eigenvalue weighted by atomic mass is 10.1. The number of carbonyl (C=O) groups is 2. The van der Waals surface area contributed by atoms with Crippen LogP contribution >= 0.6 is 0 Å². The number of aromatic hydroxyl groups is 1. The number of pyridine rings is 1. The van der Waals surface area contributed by atoms with Crippen molar-refractivity contribution in [2.45, 2.75) is 0 Å². The van der Waals surface area contributed by atoms with E-state index in [2.05, 4.69) is 10.3 Å². The van der Waals surface area contributed by atoms with Gasteiger partial charge in [0, 0.05) is 10.8 Å². The van der Waals surface area contributed by atoms with Gasteiger partial charge in [0.25, 0.3) is 5.91 Å². The second-order valence-corrected chi connectivity index (χ2v) is 5.83. The number of aliphatic carboxylic acids is 1. The summed E-state index contributed by atoms with van der Waals surface area (Å²) in [4.78, 5) is 26.7. The van der Waals surface area contributed by atoms with Crippen LogP contribution in [0.5, 0.6) is 23.0 Å². The molecule has 3 N–H and O–H groups in total. The number of carbonyl (C=O) groups excluding carboxylic acids is 1. The lowest BCUT2D eigenvalue weighted by molar-refractivity contribution is -0.135. The third-order valence-electron chi connectivity index (χ3n) is 3.97. The van der Waals surface area contributed by atoms with Crippen molar-refractivity contribution < 1.29 is 29.3 Å². The topological polar surface area (TPSA) is 142 Å². The summed E-state index contributed by atoms with van der Waals surface area (Å²) in [5.41, 5.74) is -0.536. The second-order valence-electron chi connectivity index (χ2n) is 5.83. The highest BCUT2D eigenvalue weighted by atomic mass is 16.5. The third-order valence-corrected chi connectivity index (χ3v) is 3.97. The van der Waals surface area contributed by atoms with Crippen LogP contribution in [0.4, 0.5) is 0 Å². The fraction of sp³-hybridized carbons (Fsp3) is 0.100. The minimum Gasteiger partial charge on any atom is -0.505 e. The number of carboxylic acids is 1. The highest BCUT2D eigenvalue weighted by molar-refractivity contribution is 6.04. The van der Waals surface area contributed by atoms with Gasteiger partial charge in [0.2, 0.25) is 0 Å². The van der Waals surface area contributed by atoms with Crippen molar-refractivity contribution in [3.63, 3.8) is 0 Å². The van der Waals surface area contributed by atoms with Gasteiger partial charge in [0.05, 0.1) is 7.11 Å². The number of ether oxygens (including phenoxy) is 2. The van der Waals surface area contributed by atoms with Crippen molar-refractivity contribution >= 4 is 22.6 Å². The number of aromatic nitrogens is 1. The number of nitrogens with one attached hydrogen (secondary N) is 1. The van der Waals surface area contributed by atoms with Crippen molar-refractivity contribution in [2.24, 2.45) is 0 Å². The lowest BCUT2D eigenvalue weighted by Gasteiger charge is -2.11. The minimum absolute atomic E-state index is 0.0886. The van der Waals surface area contributed by atoms with Gasteiger partial charge in [-0.3, -0.25) is 9.59 Å². The van der Waals surface area contributed by atoms with Crippen LogP contribution in [0.15, 0.2) is 42.5 Å². The van der Waals surface area contributed by atoms with Gasteiger partial charge in [-0.1, -0.05) is 0 Å². The third kappa shape index (κ3) is 4.17. The van der Waals surface area contributed by atoms with Crippen LogP contribution in [0, 0.1) is 11.3 Å². The number of rotatable bonds is 6. The van der Waals surface area contributed by atoms with Crippen molar-refractivity contribution in [3.05, 3.63) is 53.9 Å². The number of carboxylic acid groups (broad SMARTS) is 1. The van der Waals surface area contributed by atoms with E-state index in [0.717, 1.165) is 0 Å². The van der Waals surface area contributed by atoms with E-state index >= 15 is 0 Å². The van der Waals surface area contributed by atoms with Crippen LogP contribution in [0.2, 0.25) is 0 Å². The zero-order chi connectivity index (χ0) is 21.0. The molecule has 0 bridgehead atoms. The molecule has 1 aromatic heterocycles. The molecule has 29 heavy (non-hydrogen) atoms. The molecule has 0 aliphatic heterocycles. The molecule has 2 aromatic carbocycles. The Balaban J connectivity index is 2.01. The first-order valence-corrected chi connectivity index (χ1v) is 8.31. The summed E-state index contributed by atoms with van der Waals surface area (Å²) in [6, 6.07) is 13.3. The van der Waals surface area contributed by atoms with Crippen molar-refractivity contribution in [1.29, 1.82) is 5.26 Å². The summed E-state index contributed by atoms with van der Waals surface area (Å²) in [5, 5.41) is 31.1. The van der Waals surface area contributed by atoms with E-state index in [1.807, 2.05) is 6.07 Å². The fourth-order valence-electron chi connectivity index (χ4n) is 2.60. The molecule has 0 saturated heterocycles. The highest BCUT2D eigenvalue weighted by Gasteiger charge is 2.20. The number of hydrogen-bond donors (Lipinski definition) is 3. The maximum atomic E-state index is 12.2. The first-order chi connectivity index (χ1) is 13.9. The van der Waals surface area contributed by atoms with Crippen LogP contribution in [-0.2, 0) is 4.79 Å². The van der Waals surface area contributed by atoms with Crippen molar-refractivity contribution in [2.75, 3.05) is 13.7 Å². The molecule has 0 radical (unpaired) electrons. The Kier molecular flexibility index (Phi) is 5.46. The van der Waals surface area contributed by atoms with Crippen LogP contribution in [-0.4, -0.2) is 40.7 Å². The van der Waals surface area contributed by atoms with Gasteiger partial charge >= 0.3 is 5.97 Å². The molecule has 1 amide bonds. The summed E-state index contributed by atoms with van der Waals surface area (Å²) in [5.74, 6) is -1.13. The SMILES string of the molecule is COc1ccc(Oc2ccc3c(C#N)nc(C(=O)NCC(=O)O)c(O)c3c2)cc1. The molecule has 0 aliphatic rings. The van der Waals surface area contributed by atoms with Crippen LogP contribution in [0.3, 0.4) is 0 Å². The van der Waals surface area contributed by atoms with Crippen LogP contribution in [0.25, 0.3) is 10.8 Å². The Morgan fingerprint density at radius 1 is 1.10 bits per heavy atom. The Bertz CT molecular complexity index is 1140. The van der Waals surface area contributed by atoms with Crippen molar-refractivity contribution in [1.82, 2.24) is 10.3 Å². The number of hydrogen-bond acceptors (Lipinski definition) is 7. The van der Waals surface area contributed by atoms with Gasteiger partial charge in [0.15, 0.2) is 11.4 Å². The maximum absolute atomic E-state index is 12.2. The number of nitriles is 1. The summed E-state index contributed by atoms with van der Waals surface area (Å²) in [6.45, 7) is -0.652. The quantitative estimate of drug-likeness (QED) is 0.580. The van der Waals surface area contributed by atoms with Crippen LogP contribution in [0.1, 0.15) is 16.2 Å². The summed E-state index contributed by atoms with van der Waals surface area (Å²) in [7, 11) is 1.55. The smallest absolute Gasteiger partial charge is 0.322 e. The molecule has 0 aliphatic carbocycles. The fourth-order valence-corrected chi connectivity index (χ4v) is 2.60. The van der Waals surface area contributed by atoms with Crippen LogP contribution < -0.4 is 14.8 Å². The van der Waals surface area contributed by atoms with E-state index in [1.54, 1.807) is 43.5 Å². The number of amides is 1. The molecular weight excluding hydrogens is 378 g/mol. The number of fused-ring (bicyclic) bond motifs is 1.